The Morgan fingerprint density at radius 1 is 1.03 bits per heavy atom. The summed E-state index contributed by atoms with van der Waals surface area (Å²) in [7, 11) is 0. The molecule has 6 nitrogen and oxygen atoms in total. The zero-order valence-electron chi connectivity index (χ0n) is 18.6. The van der Waals surface area contributed by atoms with Crippen LogP contribution in [0.3, 0.4) is 0 Å². The first-order chi connectivity index (χ1) is 14.6. The molecule has 6 heteroatoms. The second kappa shape index (κ2) is 8.18. The maximum Gasteiger partial charge on any atom is 0.306 e. The van der Waals surface area contributed by atoms with Crippen molar-refractivity contribution in [2.45, 2.75) is 78.1 Å². The largest absolute Gasteiger partial charge is 0.550 e. The first kappa shape index (κ1) is 22.2. The summed E-state index contributed by atoms with van der Waals surface area (Å²) in [6.45, 7) is 4.34. The Labute approximate surface area is 183 Å². The van der Waals surface area contributed by atoms with E-state index in [0.29, 0.717) is 24.2 Å². The van der Waals surface area contributed by atoms with Crippen molar-refractivity contribution in [2.24, 2.45) is 34.5 Å². The number of fused-ring (bicyclic) bond motifs is 5. The molecule has 31 heavy (non-hydrogen) atoms. The van der Waals surface area contributed by atoms with E-state index >= 15 is 0 Å². The summed E-state index contributed by atoms with van der Waals surface area (Å²) in [5.41, 5.74) is 1.40. The maximum absolute atomic E-state index is 13.0. The second-order valence-corrected chi connectivity index (χ2v) is 10.6. The fraction of sp³-hybridized carbons (Fsp3) is 0.760. The summed E-state index contributed by atoms with van der Waals surface area (Å²) in [6.07, 6.45) is 8.88. The Bertz CT molecular complexity index is 828. The van der Waals surface area contributed by atoms with Crippen molar-refractivity contribution in [3.05, 3.63) is 11.6 Å². The number of esters is 1. The number of carboxylic acids is 1. The SMILES string of the molecule is C[C@@]12CC[C@@H]3[C@H](CCC4=CC(=O)CC[C@]43C)[C@@H]1CC[C@@H]2C(=O)COC(=O)CCC(=O)[O-]. The van der Waals surface area contributed by atoms with Gasteiger partial charge >= 0.3 is 5.97 Å². The van der Waals surface area contributed by atoms with Crippen LogP contribution in [-0.2, 0) is 23.9 Å². The van der Waals surface area contributed by atoms with Crippen molar-refractivity contribution in [3.63, 3.8) is 0 Å². The molecule has 0 aliphatic heterocycles. The molecule has 0 saturated heterocycles. The molecule has 3 fully saturated rings. The minimum absolute atomic E-state index is 0.0314. The molecule has 3 saturated carbocycles. The summed E-state index contributed by atoms with van der Waals surface area (Å²) in [6, 6.07) is 0. The van der Waals surface area contributed by atoms with Gasteiger partial charge in [0.2, 0.25) is 0 Å². The molecule has 0 unspecified atom stereocenters. The monoisotopic (exact) mass is 429 g/mol. The van der Waals surface area contributed by atoms with Crippen molar-refractivity contribution < 1.29 is 29.0 Å². The molecule has 0 aromatic heterocycles. The standard InChI is InChI=1S/C25H34O6/c1-24-11-9-16(26)13-15(24)3-4-17-18-5-6-20(25(18,2)12-10-19(17)24)21(27)14-31-23(30)8-7-22(28)29/h13,17-20H,3-12,14H2,1-2H3,(H,28,29)/p-1/t17-,18+,19-,20-,24-,25-/m1/s1. The topological polar surface area (TPSA) is 101 Å². The highest BCUT2D eigenvalue weighted by Gasteiger charge is 2.60. The fourth-order valence-corrected chi connectivity index (χ4v) is 7.62. The van der Waals surface area contributed by atoms with E-state index in [2.05, 4.69) is 13.8 Å². The van der Waals surface area contributed by atoms with Crippen LogP contribution in [-0.4, -0.2) is 30.1 Å². The molecule has 0 radical (unpaired) electrons. The van der Waals surface area contributed by atoms with Gasteiger partial charge in [-0.3, -0.25) is 14.4 Å². The third kappa shape index (κ3) is 3.87. The predicted molar refractivity (Wildman–Crippen MR) is 110 cm³/mol. The average Bonchev–Trinajstić information content (AvgIpc) is 3.08. The van der Waals surface area contributed by atoms with Crippen LogP contribution in [0.1, 0.15) is 78.1 Å². The molecule has 0 bridgehead atoms. The van der Waals surface area contributed by atoms with E-state index in [0.717, 1.165) is 44.9 Å². The van der Waals surface area contributed by atoms with Gasteiger partial charge in [-0.1, -0.05) is 19.4 Å². The van der Waals surface area contributed by atoms with Crippen LogP contribution in [0.4, 0.5) is 0 Å². The van der Waals surface area contributed by atoms with E-state index in [4.69, 9.17) is 4.74 Å². The fourth-order valence-electron chi connectivity index (χ4n) is 7.62. The van der Waals surface area contributed by atoms with E-state index in [-0.39, 0.29) is 47.8 Å². The zero-order chi connectivity index (χ0) is 22.4. The lowest BCUT2D eigenvalue weighted by Gasteiger charge is -2.58. The van der Waals surface area contributed by atoms with Gasteiger partial charge in [0.25, 0.3) is 0 Å². The van der Waals surface area contributed by atoms with Crippen LogP contribution in [0, 0.1) is 34.5 Å². The molecular weight excluding hydrogens is 396 g/mol. The lowest BCUT2D eigenvalue weighted by molar-refractivity contribution is -0.305. The summed E-state index contributed by atoms with van der Waals surface area (Å²) in [5, 5.41) is 10.5. The number of rotatable bonds is 6. The molecule has 4 rings (SSSR count). The number of hydrogen-bond acceptors (Lipinski definition) is 6. The number of ether oxygens (including phenoxy) is 1. The first-order valence-electron chi connectivity index (χ1n) is 11.8. The Morgan fingerprint density at radius 2 is 1.81 bits per heavy atom. The Kier molecular flexibility index (Phi) is 5.86. The van der Waals surface area contributed by atoms with Crippen LogP contribution in [0.25, 0.3) is 0 Å². The van der Waals surface area contributed by atoms with E-state index < -0.39 is 11.9 Å². The highest BCUT2D eigenvalue weighted by molar-refractivity contribution is 5.91. The maximum atomic E-state index is 13.0. The number of hydrogen-bond donors (Lipinski definition) is 0. The molecule has 0 spiro atoms. The minimum Gasteiger partial charge on any atom is -0.550 e. The Hall–Kier alpha value is -1.98. The highest BCUT2D eigenvalue weighted by atomic mass is 16.5. The quantitative estimate of drug-likeness (QED) is 0.602. The van der Waals surface area contributed by atoms with Crippen LogP contribution < -0.4 is 5.11 Å². The molecule has 0 amide bonds. The molecule has 0 aromatic rings. The van der Waals surface area contributed by atoms with Gasteiger partial charge < -0.3 is 14.6 Å². The van der Waals surface area contributed by atoms with Crippen molar-refractivity contribution in [1.82, 2.24) is 0 Å². The van der Waals surface area contributed by atoms with Crippen molar-refractivity contribution in [3.8, 4) is 0 Å². The van der Waals surface area contributed by atoms with Crippen molar-refractivity contribution >= 4 is 23.5 Å². The molecule has 4 aliphatic rings. The van der Waals surface area contributed by atoms with Crippen LogP contribution in [0.2, 0.25) is 0 Å². The van der Waals surface area contributed by atoms with E-state index in [9.17, 15) is 24.3 Å². The second-order valence-electron chi connectivity index (χ2n) is 10.6. The smallest absolute Gasteiger partial charge is 0.306 e. The molecule has 0 aromatic carbocycles. The van der Waals surface area contributed by atoms with Crippen LogP contribution in [0.15, 0.2) is 11.6 Å². The van der Waals surface area contributed by atoms with Gasteiger partial charge in [0.15, 0.2) is 11.6 Å². The first-order valence-corrected chi connectivity index (χ1v) is 11.8. The summed E-state index contributed by atoms with van der Waals surface area (Å²) < 4.78 is 5.08. The average molecular weight is 430 g/mol. The summed E-state index contributed by atoms with van der Waals surface area (Å²) >= 11 is 0. The Morgan fingerprint density at radius 3 is 2.55 bits per heavy atom. The van der Waals surface area contributed by atoms with E-state index in [1.165, 1.54) is 5.57 Å². The van der Waals surface area contributed by atoms with Gasteiger partial charge in [-0.05, 0) is 86.0 Å². The lowest BCUT2D eigenvalue weighted by atomic mass is 9.46. The predicted octanol–water partition coefficient (Wildman–Crippen LogP) is 2.78. The normalized spacial score (nSPS) is 39.0. The zero-order valence-corrected chi connectivity index (χ0v) is 18.6. The van der Waals surface area contributed by atoms with Gasteiger partial charge in [0, 0.05) is 18.3 Å². The third-order valence-electron chi connectivity index (χ3n) is 9.26. The molecule has 4 aliphatic carbocycles. The summed E-state index contributed by atoms with van der Waals surface area (Å²) in [5.74, 6) is -0.175. The van der Waals surface area contributed by atoms with Gasteiger partial charge in [0.1, 0.15) is 6.61 Å². The van der Waals surface area contributed by atoms with Crippen LogP contribution in [0.5, 0.6) is 0 Å². The number of aliphatic carboxylic acids is 1. The number of carbonyl (C=O) groups excluding carboxylic acids is 4. The van der Waals surface area contributed by atoms with Gasteiger partial charge in [-0.25, -0.2) is 0 Å². The molecule has 6 atom stereocenters. The van der Waals surface area contributed by atoms with Crippen molar-refractivity contribution in [1.29, 1.82) is 0 Å². The molecule has 170 valence electrons. The molecule has 0 heterocycles. The molecule has 0 N–H and O–H groups in total. The number of carbonyl (C=O) groups is 4. The summed E-state index contributed by atoms with van der Waals surface area (Å²) in [4.78, 5) is 47.2. The lowest BCUT2D eigenvalue weighted by Crippen LogP contribution is -2.51. The number of allylic oxidation sites excluding steroid dienone is 1. The van der Waals surface area contributed by atoms with Gasteiger partial charge in [-0.15, -0.1) is 0 Å². The van der Waals surface area contributed by atoms with Gasteiger partial charge in [0.05, 0.1) is 6.42 Å². The van der Waals surface area contributed by atoms with Crippen molar-refractivity contribution in [2.75, 3.05) is 6.61 Å². The van der Waals surface area contributed by atoms with E-state index in [1.807, 2.05) is 6.08 Å². The molecular formula is C25H33O6-. The third-order valence-corrected chi connectivity index (χ3v) is 9.26. The van der Waals surface area contributed by atoms with E-state index in [1.54, 1.807) is 0 Å². The number of Topliss-reactive ketones (excluding diaryl/α,β-unsaturated/α-hetero) is 1. The minimum atomic E-state index is -1.30. The van der Waals surface area contributed by atoms with Gasteiger partial charge in [-0.2, -0.15) is 0 Å². The Balaban J connectivity index is 1.43. The highest BCUT2D eigenvalue weighted by Crippen LogP contribution is 2.66. The number of carboxylic acid groups (broad SMARTS) is 1. The van der Waals surface area contributed by atoms with Crippen LogP contribution >= 0.6 is 0 Å². The number of ketones is 2.